The first-order valence-electron chi connectivity index (χ1n) is 13.7. The number of anilines is 3. The Kier molecular flexibility index (Phi) is 6.83. The molecule has 42 heavy (non-hydrogen) atoms. The molecule has 9 nitrogen and oxygen atoms in total. The molecule has 1 aliphatic rings. The van der Waals surface area contributed by atoms with Crippen LogP contribution < -0.4 is 24.8 Å². The fourth-order valence-corrected chi connectivity index (χ4v) is 5.78. The van der Waals surface area contributed by atoms with Crippen molar-refractivity contribution in [3.63, 3.8) is 0 Å². The molecule has 0 saturated carbocycles. The highest BCUT2D eigenvalue weighted by Gasteiger charge is 2.28. The highest BCUT2D eigenvalue weighted by atomic mass is 16.5. The van der Waals surface area contributed by atoms with E-state index < -0.39 is 0 Å². The van der Waals surface area contributed by atoms with Gasteiger partial charge in [-0.05, 0) is 42.8 Å². The summed E-state index contributed by atoms with van der Waals surface area (Å²) in [4.78, 5) is 17.4. The van der Waals surface area contributed by atoms with Crippen molar-refractivity contribution in [3.05, 3.63) is 94.0 Å². The Hall–Kier alpha value is -5.23. The van der Waals surface area contributed by atoms with E-state index in [4.69, 9.17) is 9.47 Å². The Morgan fingerprint density at radius 3 is 2.36 bits per heavy atom. The van der Waals surface area contributed by atoms with E-state index in [2.05, 4.69) is 39.2 Å². The fraction of sp³-hybridized carbons (Fsp3) is 0.242. The van der Waals surface area contributed by atoms with Gasteiger partial charge in [-0.2, -0.15) is 10.4 Å². The summed E-state index contributed by atoms with van der Waals surface area (Å²) >= 11 is 0. The van der Waals surface area contributed by atoms with E-state index in [1.54, 1.807) is 36.7 Å². The van der Waals surface area contributed by atoms with Gasteiger partial charge in [-0.25, -0.2) is 0 Å². The lowest BCUT2D eigenvalue weighted by molar-refractivity contribution is 0.414. The van der Waals surface area contributed by atoms with Crippen LogP contribution in [0.1, 0.15) is 16.7 Å². The molecular formula is C33H32N6O3. The van der Waals surface area contributed by atoms with Crippen molar-refractivity contribution in [1.82, 2.24) is 14.3 Å². The standard InChI is InChI=1S/C33H32N6O3/c1-21-12-28-29(37(3)33(21)40)14-26(42-5)15-30(28)39-11-10-38(19-22-6-8-25(41-4)9-7-22)31-16-27(23(17-34)13-32(31)39)24-18-35-36(2)20-24/h6-9,12-16,18,20H,10-11,19H2,1-5H3. The van der Waals surface area contributed by atoms with Crippen molar-refractivity contribution in [2.75, 3.05) is 37.1 Å². The average molecular weight is 561 g/mol. The van der Waals surface area contributed by atoms with Gasteiger partial charge in [0.2, 0.25) is 0 Å². The van der Waals surface area contributed by atoms with Crippen molar-refractivity contribution >= 4 is 28.0 Å². The zero-order chi connectivity index (χ0) is 29.5. The first kappa shape index (κ1) is 27.0. The van der Waals surface area contributed by atoms with Crippen LogP contribution in [-0.4, -0.2) is 41.7 Å². The molecule has 0 fully saturated rings. The summed E-state index contributed by atoms with van der Waals surface area (Å²) in [7, 11) is 6.95. The summed E-state index contributed by atoms with van der Waals surface area (Å²) in [5, 5.41) is 15.6. The SMILES string of the molecule is COc1ccc(CN2CCN(c3cc(OC)cc4c3cc(C)c(=O)n4C)c3cc(C#N)c(-c4cnn(C)c4)cc32)cc1. The molecule has 0 spiro atoms. The van der Waals surface area contributed by atoms with E-state index in [1.165, 1.54) is 0 Å². The van der Waals surface area contributed by atoms with E-state index >= 15 is 0 Å². The zero-order valence-electron chi connectivity index (χ0n) is 24.4. The molecule has 3 aromatic carbocycles. The Balaban J connectivity index is 1.56. The molecule has 0 amide bonds. The van der Waals surface area contributed by atoms with Crippen LogP contribution in [0.5, 0.6) is 11.5 Å². The van der Waals surface area contributed by atoms with E-state index in [1.807, 2.05) is 56.6 Å². The van der Waals surface area contributed by atoms with Crippen molar-refractivity contribution in [2.45, 2.75) is 13.5 Å². The van der Waals surface area contributed by atoms with E-state index in [0.29, 0.717) is 30.0 Å². The average Bonchev–Trinajstić information content (AvgIpc) is 3.45. The molecule has 3 heterocycles. The summed E-state index contributed by atoms with van der Waals surface area (Å²) in [6.07, 6.45) is 3.71. The number of hydrogen-bond donors (Lipinski definition) is 0. The second-order valence-electron chi connectivity index (χ2n) is 10.6. The fourth-order valence-electron chi connectivity index (χ4n) is 5.78. The van der Waals surface area contributed by atoms with Gasteiger partial charge in [-0.3, -0.25) is 9.48 Å². The first-order chi connectivity index (χ1) is 20.3. The van der Waals surface area contributed by atoms with Crippen LogP contribution in [0.3, 0.4) is 0 Å². The third kappa shape index (κ3) is 4.61. The van der Waals surface area contributed by atoms with Gasteiger partial charge in [0.15, 0.2) is 0 Å². The lowest BCUT2D eigenvalue weighted by Crippen LogP contribution is -2.39. The molecular weight excluding hydrogens is 528 g/mol. The van der Waals surface area contributed by atoms with Crippen LogP contribution in [0.2, 0.25) is 0 Å². The molecule has 9 heteroatoms. The number of fused-ring (bicyclic) bond motifs is 2. The van der Waals surface area contributed by atoms with Gasteiger partial charge in [-0.15, -0.1) is 0 Å². The molecule has 0 N–H and O–H groups in total. The van der Waals surface area contributed by atoms with Crippen LogP contribution in [0.25, 0.3) is 22.0 Å². The van der Waals surface area contributed by atoms with Crippen molar-refractivity contribution in [3.8, 4) is 28.7 Å². The summed E-state index contributed by atoms with van der Waals surface area (Å²) in [5.74, 6) is 1.47. The van der Waals surface area contributed by atoms with Crippen molar-refractivity contribution in [2.24, 2.45) is 14.1 Å². The number of nitriles is 1. The predicted molar refractivity (Wildman–Crippen MR) is 165 cm³/mol. The highest BCUT2D eigenvalue weighted by Crippen LogP contribution is 2.45. The normalized spacial score (nSPS) is 12.8. The van der Waals surface area contributed by atoms with Gasteiger partial charge < -0.3 is 23.8 Å². The number of aryl methyl sites for hydroxylation is 3. The second-order valence-corrected chi connectivity index (χ2v) is 10.6. The van der Waals surface area contributed by atoms with Crippen molar-refractivity contribution < 1.29 is 9.47 Å². The van der Waals surface area contributed by atoms with Gasteiger partial charge in [0.25, 0.3) is 5.56 Å². The molecule has 6 rings (SSSR count). The van der Waals surface area contributed by atoms with E-state index in [-0.39, 0.29) is 5.56 Å². The van der Waals surface area contributed by atoms with Gasteiger partial charge >= 0.3 is 0 Å². The van der Waals surface area contributed by atoms with Crippen LogP contribution in [0, 0.1) is 18.3 Å². The third-order valence-electron chi connectivity index (χ3n) is 8.01. The number of rotatable bonds is 6. The molecule has 0 bridgehead atoms. The van der Waals surface area contributed by atoms with Gasteiger partial charge in [0.1, 0.15) is 11.5 Å². The number of methoxy groups -OCH3 is 2. The topological polar surface area (TPSA) is 88.6 Å². The maximum atomic E-state index is 12.8. The first-order valence-corrected chi connectivity index (χ1v) is 13.7. The monoisotopic (exact) mass is 560 g/mol. The van der Waals surface area contributed by atoms with E-state index in [0.717, 1.165) is 56.9 Å². The largest absolute Gasteiger partial charge is 0.497 e. The highest BCUT2D eigenvalue weighted by molar-refractivity contribution is 5.98. The maximum absolute atomic E-state index is 12.8. The number of aromatic nitrogens is 3. The lowest BCUT2D eigenvalue weighted by Gasteiger charge is -2.40. The predicted octanol–water partition coefficient (Wildman–Crippen LogP) is 5.29. The number of nitrogens with zero attached hydrogens (tertiary/aromatic N) is 6. The molecule has 2 aromatic heterocycles. The molecule has 0 unspecified atom stereocenters. The minimum absolute atomic E-state index is 0.0423. The smallest absolute Gasteiger partial charge is 0.253 e. The Bertz CT molecular complexity index is 1920. The molecule has 212 valence electrons. The van der Waals surface area contributed by atoms with Crippen LogP contribution in [0.4, 0.5) is 17.1 Å². The Morgan fingerprint density at radius 1 is 0.929 bits per heavy atom. The number of benzene rings is 3. The molecule has 0 atom stereocenters. The van der Waals surface area contributed by atoms with E-state index in [9.17, 15) is 10.1 Å². The number of hydrogen-bond acceptors (Lipinski definition) is 7. The lowest BCUT2D eigenvalue weighted by atomic mass is 9.97. The van der Waals surface area contributed by atoms with Crippen LogP contribution in [0.15, 0.2) is 71.8 Å². The van der Waals surface area contributed by atoms with Crippen LogP contribution >= 0.6 is 0 Å². The molecule has 5 aromatic rings. The van der Waals surface area contributed by atoms with Gasteiger partial charge in [-0.1, -0.05) is 12.1 Å². The molecule has 0 saturated heterocycles. The second kappa shape index (κ2) is 10.6. The maximum Gasteiger partial charge on any atom is 0.253 e. The van der Waals surface area contributed by atoms with Gasteiger partial charge in [0, 0.05) is 74.1 Å². The van der Waals surface area contributed by atoms with Crippen molar-refractivity contribution in [1.29, 1.82) is 5.26 Å². The summed E-state index contributed by atoms with van der Waals surface area (Å²) in [6, 6.07) is 20.5. The van der Waals surface area contributed by atoms with Crippen LogP contribution in [-0.2, 0) is 20.6 Å². The molecule has 0 radical (unpaired) electrons. The Labute approximate surface area is 244 Å². The summed E-state index contributed by atoms with van der Waals surface area (Å²) in [5.41, 5.74) is 7.69. The van der Waals surface area contributed by atoms with Gasteiger partial charge in [0.05, 0.1) is 54.6 Å². The quantitative estimate of drug-likeness (QED) is 0.279. The number of pyridine rings is 1. The molecule has 1 aliphatic heterocycles. The summed E-state index contributed by atoms with van der Waals surface area (Å²) < 4.78 is 14.5. The Morgan fingerprint density at radius 2 is 1.69 bits per heavy atom. The zero-order valence-corrected chi connectivity index (χ0v) is 24.4. The summed E-state index contributed by atoms with van der Waals surface area (Å²) in [6.45, 7) is 3.94. The minimum atomic E-state index is -0.0423. The minimum Gasteiger partial charge on any atom is -0.497 e. The molecule has 0 aliphatic carbocycles. The third-order valence-corrected chi connectivity index (χ3v) is 8.01. The number of ether oxygens (including phenoxy) is 2.